The zero-order chi connectivity index (χ0) is 12.3. The molecule has 0 saturated carbocycles. The van der Waals surface area contributed by atoms with E-state index in [1.54, 1.807) is 0 Å². The summed E-state index contributed by atoms with van der Waals surface area (Å²) >= 11 is 2.33. The fourth-order valence-corrected chi connectivity index (χ4v) is 2.88. The molecule has 0 spiro atoms. The summed E-state index contributed by atoms with van der Waals surface area (Å²) in [6.07, 6.45) is 3.26. The molecular weight excluding hydrogens is 333 g/mol. The van der Waals surface area contributed by atoms with E-state index in [1.165, 1.54) is 0 Å². The van der Waals surface area contributed by atoms with Crippen LogP contribution in [0.4, 0.5) is 4.79 Å². The lowest BCUT2D eigenvalue weighted by molar-refractivity contribution is 0.0922. The number of carbonyl (C=O) groups excluding carboxylic acids is 1. The van der Waals surface area contributed by atoms with Gasteiger partial charge in [0.15, 0.2) is 0 Å². The lowest BCUT2D eigenvalue weighted by atomic mass is 10.1. The number of amides is 2. The summed E-state index contributed by atoms with van der Waals surface area (Å²) in [5, 5.41) is 12.5. The van der Waals surface area contributed by atoms with Gasteiger partial charge in [-0.25, -0.2) is 7.91 Å². The molecule has 2 rings (SSSR count). The number of hydrogen-bond acceptors (Lipinski definition) is 3. The summed E-state index contributed by atoms with van der Waals surface area (Å²) in [4.78, 5) is 13.8. The molecule has 17 heavy (non-hydrogen) atoms. The number of hydrogen-bond donors (Lipinski definition) is 2. The third kappa shape index (κ3) is 3.96. The molecule has 5 nitrogen and oxygen atoms in total. The van der Waals surface area contributed by atoms with Gasteiger partial charge in [0, 0.05) is 55.1 Å². The Labute approximate surface area is 116 Å². The van der Waals surface area contributed by atoms with Crippen molar-refractivity contribution < 1.29 is 9.90 Å². The third-order valence-corrected chi connectivity index (χ3v) is 4.48. The van der Waals surface area contributed by atoms with Crippen LogP contribution in [0.2, 0.25) is 0 Å². The molecule has 98 valence electrons. The molecule has 0 aromatic heterocycles. The number of urea groups is 1. The third-order valence-electron chi connectivity index (χ3n) is 3.52. The van der Waals surface area contributed by atoms with E-state index in [-0.39, 0.29) is 12.1 Å². The first-order valence-electron chi connectivity index (χ1n) is 6.29. The average Bonchev–Trinajstić information content (AvgIpc) is 2.33. The largest absolute Gasteiger partial charge is 0.393 e. The van der Waals surface area contributed by atoms with E-state index in [9.17, 15) is 9.90 Å². The van der Waals surface area contributed by atoms with Crippen molar-refractivity contribution in [2.45, 2.75) is 37.8 Å². The van der Waals surface area contributed by atoms with Crippen LogP contribution in [0.5, 0.6) is 0 Å². The van der Waals surface area contributed by atoms with E-state index >= 15 is 0 Å². The highest BCUT2D eigenvalue weighted by atomic mass is 127. The van der Waals surface area contributed by atoms with Crippen LogP contribution in [0.1, 0.15) is 25.7 Å². The van der Waals surface area contributed by atoms with E-state index in [1.807, 2.05) is 4.90 Å². The maximum atomic E-state index is 12.0. The Kier molecular flexibility index (Phi) is 4.87. The predicted octanol–water partition coefficient (Wildman–Crippen LogP) is 0.967. The maximum absolute atomic E-state index is 12.0. The minimum absolute atomic E-state index is 0.0452. The number of aliphatic hydroxyl groups excluding tert-OH is 1. The molecule has 2 amide bonds. The van der Waals surface area contributed by atoms with Crippen LogP contribution in [0, 0.1) is 0 Å². The van der Waals surface area contributed by atoms with Crippen LogP contribution in [0.3, 0.4) is 0 Å². The molecule has 0 aromatic rings. The fraction of sp³-hybridized carbons (Fsp3) is 0.909. The zero-order valence-electron chi connectivity index (χ0n) is 9.94. The smallest absolute Gasteiger partial charge is 0.317 e. The summed E-state index contributed by atoms with van der Waals surface area (Å²) in [6, 6.07) is 0.365. The van der Waals surface area contributed by atoms with Gasteiger partial charge in [-0.3, -0.25) is 0 Å². The summed E-state index contributed by atoms with van der Waals surface area (Å²) in [5.41, 5.74) is 0. The molecule has 0 radical (unpaired) electrons. The Bertz CT molecular complexity index is 261. The van der Waals surface area contributed by atoms with Crippen molar-refractivity contribution in [2.75, 3.05) is 26.2 Å². The predicted molar refractivity (Wildman–Crippen MR) is 74.0 cm³/mol. The number of aliphatic hydroxyl groups is 1. The van der Waals surface area contributed by atoms with Crippen molar-refractivity contribution in [2.24, 2.45) is 0 Å². The van der Waals surface area contributed by atoms with Crippen molar-refractivity contribution in [1.82, 2.24) is 13.3 Å². The van der Waals surface area contributed by atoms with Gasteiger partial charge in [0.1, 0.15) is 0 Å². The summed E-state index contributed by atoms with van der Waals surface area (Å²) in [5.74, 6) is 0. The van der Waals surface area contributed by atoms with Crippen molar-refractivity contribution in [3.63, 3.8) is 0 Å². The standard InChI is InChI=1S/C11H20IN3O2/c12-15-7-1-9(2-8-15)13-11(17)14-5-3-10(16)4-6-14/h9-10,16H,1-8H2,(H,13,17). The molecular formula is C11H20IN3O2. The first-order chi connectivity index (χ1) is 8.15. The first-order valence-corrected chi connectivity index (χ1v) is 7.26. The minimum Gasteiger partial charge on any atom is -0.393 e. The van der Waals surface area contributed by atoms with Gasteiger partial charge in [0.2, 0.25) is 0 Å². The van der Waals surface area contributed by atoms with Gasteiger partial charge in [0.25, 0.3) is 0 Å². The Hall–Kier alpha value is -0.0800. The van der Waals surface area contributed by atoms with Gasteiger partial charge >= 0.3 is 6.03 Å². The number of carbonyl (C=O) groups is 1. The van der Waals surface area contributed by atoms with Gasteiger partial charge in [-0.05, 0) is 25.7 Å². The molecule has 2 fully saturated rings. The van der Waals surface area contributed by atoms with Crippen molar-refractivity contribution in [1.29, 1.82) is 0 Å². The van der Waals surface area contributed by atoms with Gasteiger partial charge in [-0.1, -0.05) is 0 Å². The molecule has 0 aromatic carbocycles. The van der Waals surface area contributed by atoms with Gasteiger partial charge in [-0.2, -0.15) is 0 Å². The summed E-state index contributed by atoms with van der Waals surface area (Å²) < 4.78 is 2.26. The molecule has 6 heteroatoms. The molecule has 2 aliphatic heterocycles. The summed E-state index contributed by atoms with van der Waals surface area (Å²) in [7, 11) is 0. The Morgan fingerprint density at radius 3 is 2.29 bits per heavy atom. The summed E-state index contributed by atoms with van der Waals surface area (Å²) in [6.45, 7) is 3.45. The van der Waals surface area contributed by atoms with E-state index in [0.29, 0.717) is 32.0 Å². The Morgan fingerprint density at radius 1 is 1.12 bits per heavy atom. The second-order valence-corrected chi connectivity index (χ2v) is 6.22. The lowest BCUT2D eigenvalue weighted by Crippen LogP contribution is -2.50. The number of piperidine rings is 2. The molecule has 2 saturated heterocycles. The van der Waals surface area contributed by atoms with E-state index in [0.717, 1.165) is 25.9 Å². The van der Waals surface area contributed by atoms with E-state index in [4.69, 9.17) is 0 Å². The van der Waals surface area contributed by atoms with Crippen LogP contribution in [0.25, 0.3) is 0 Å². The Morgan fingerprint density at radius 2 is 1.71 bits per heavy atom. The molecule has 2 aliphatic rings. The highest BCUT2D eigenvalue weighted by Crippen LogP contribution is 2.15. The number of nitrogens with zero attached hydrogens (tertiary/aromatic N) is 2. The van der Waals surface area contributed by atoms with E-state index < -0.39 is 0 Å². The fourth-order valence-electron chi connectivity index (χ4n) is 2.33. The SMILES string of the molecule is O=C(NC1CCN(I)CC1)N1CCC(O)CC1. The molecule has 0 bridgehead atoms. The van der Waals surface area contributed by atoms with Gasteiger partial charge < -0.3 is 15.3 Å². The zero-order valence-corrected chi connectivity index (χ0v) is 12.1. The van der Waals surface area contributed by atoms with Gasteiger partial charge in [0.05, 0.1) is 6.10 Å². The van der Waals surface area contributed by atoms with E-state index in [2.05, 4.69) is 31.3 Å². The van der Waals surface area contributed by atoms with Crippen LogP contribution in [0.15, 0.2) is 0 Å². The average molecular weight is 353 g/mol. The highest BCUT2D eigenvalue weighted by Gasteiger charge is 2.24. The van der Waals surface area contributed by atoms with Gasteiger partial charge in [-0.15, -0.1) is 0 Å². The number of rotatable bonds is 1. The highest BCUT2D eigenvalue weighted by molar-refractivity contribution is 14.1. The van der Waals surface area contributed by atoms with Crippen molar-refractivity contribution in [3.8, 4) is 0 Å². The monoisotopic (exact) mass is 353 g/mol. The number of nitrogens with one attached hydrogen (secondary N) is 1. The maximum Gasteiger partial charge on any atom is 0.317 e. The topological polar surface area (TPSA) is 55.8 Å². The first kappa shape index (κ1) is 13.4. The molecule has 2 heterocycles. The van der Waals surface area contributed by atoms with Crippen molar-refractivity contribution in [3.05, 3.63) is 0 Å². The van der Waals surface area contributed by atoms with Crippen LogP contribution < -0.4 is 5.32 Å². The molecule has 0 atom stereocenters. The second kappa shape index (κ2) is 6.19. The minimum atomic E-state index is -0.221. The van der Waals surface area contributed by atoms with Crippen LogP contribution >= 0.6 is 22.9 Å². The Balaban J connectivity index is 1.73. The van der Waals surface area contributed by atoms with Crippen molar-refractivity contribution >= 4 is 28.9 Å². The quantitative estimate of drug-likeness (QED) is 0.546. The number of halogens is 1. The molecule has 2 N–H and O–H groups in total. The van der Waals surface area contributed by atoms with Crippen LogP contribution in [-0.2, 0) is 0 Å². The second-order valence-electron chi connectivity index (χ2n) is 4.85. The molecule has 0 aliphatic carbocycles. The molecule has 0 unspecified atom stereocenters. The normalized spacial score (nSPS) is 24.9. The number of likely N-dealkylation sites (tertiary alicyclic amines) is 1. The van der Waals surface area contributed by atoms with Crippen LogP contribution in [-0.4, -0.2) is 57.5 Å². The lowest BCUT2D eigenvalue weighted by Gasteiger charge is -2.33.